The van der Waals surface area contributed by atoms with Crippen LogP contribution in [0.25, 0.3) is 0 Å². The summed E-state index contributed by atoms with van der Waals surface area (Å²) in [6, 6.07) is 5.99. The van der Waals surface area contributed by atoms with Crippen LogP contribution >= 0.6 is 0 Å². The fourth-order valence-electron chi connectivity index (χ4n) is 1.77. The van der Waals surface area contributed by atoms with E-state index >= 15 is 0 Å². The van der Waals surface area contributed by atoms with Gasteiger partial charge in [-0.15, -0.1) is 5.10 Å². The summed E-state index contributed by atoms with van der Waals surface area (Å²) in [7, 11) is 0. The lowest BCUT2D eigenvalue weighted by Gasteiger charge is -2.05. The van der Waals surface area contributed by atoms with E-state index < -0.39 is 10.9 Å². The summed E-state index contributed by atoms with van der Waals surface area (Å²) >= 11 is 0. The lowest BCUT2D eigenvalue weighted by Crippen LogP contribution is -2.13. The van der Waals surface area contributed by atoms with Crippen LogP contribution in [0, 0.1) is 10.1 Å². The summed E-state index contributed by atoms with van der Waals surface area (Å²) < 4.78 is 1.32. The molecule has 1 aromatic carbocycles. The molecule has 0 saturated carbocycles. The molecule has 1 aromatic heterocycles. The van der Waals surface area contributed by atoms with Crippen LogP contribution in [-0.2, 0) is 13.1 Å². The first-order valence-corrected chi connectivity index (χ1v) is 5.62. The highest BCUT2D eigenvalue weighted by Gasteiger charge is 2.18. The minimum absolute atomic E-state index is 0.0381. The highest BCUT2D eigenvalue weighted by atomic mass is 16.6. The highest BCUT2D eigenvalue weighted by molar-refractivity contribution is 5.86. The van der Waals surface area contributed by atoms with E-state index in [9.17, 15) is 14.9 Å². The van der Waals surface area contributed by atoms with Crippen molar-refractivity contribution >= 4 is 11.7 Å². The molecular formula is C11H11N5O4. The minimum atomic E-state index is -1.21. The molecule has 0 aliphatic rings. The zero-order valence-electron chi connectivity index (χ0n) is 10.3. The number of carbonyl (C=O) groups is 1. The van der Waals surface area contributed by atoms with Crippen LogP contribution in [0.1, 0.15) is 21.7 Å². The lowest BCUT2D eigenvalue weighted by molar-refractivity contribution is -0.384. The Hall–Kier alpha value is -2.81. The highest BCUT2D eigenvalue weighted by Crippen LogP contribution is 2.15. The molecular weight excluding hydrogens is 266 g/mol. The first-order chi connectivity index (χ1) is 9.52. The van der Waals surface area contributed by atoms with Gasteiger partial charge in [0.25, 0.3) is 5.69 Å². The average Bonchev–Trinajstić information content (AvgIpc) is 2.82. The van der Waals surface area contributed by atoms with E-state index in [0.29, 0.717) is 5.56 Å². The molecule has 2 rings (SSSR count). The Morgan fingerprint density at radius 1 is 1.50 bits per heavy atom. The van der Waals surface area contributed by atoms with Crippen molar-refractivity contribution in [3.63, 3.8) is 0 Å². The monoisotopic (exact) mass is 277 g/mol. The van der Waals surface area contributed by atoms with Gasteiger partial charge in [0.2, 0.25) is 0 Å². The number of carboxylic acids is 1. The number of hydrogen-bond acceptors (Lipinski definition) is 6. The first kappa shape index (κ1) is 13.6. The molecule has 0 bridgehead atoms. The van der Waals surface area contributed by atoms with Crippen molar-refractivity contribution in [2.45, 2.75) is 13.1 Å². The van der Waals surface area contributed by atoms with Gasteiger partial charge in [-0.2, -0.15) is 0 Å². The average molecular weight is 277 g/mol. The molecule has 20 heavy (non-hydrogen) atoms. The first-order valence-electron chi connectivity index (χ1n) is 5.62. The summed E-state index contributed by atoms with van der Waals surface area (Å²) in [6.45, 7) is 0.123. The summed E-state index contributed by atoms with van der Waals surface area (Å²) in [4.78, 5) is 21.1. The number of nitrogens with zero attached hydrogens (tertiary/aromatic N) is 4. The predicted octanol–water partition coefficient (Wildman–Crippen LogP) is 0.391. The molecule has 104 valence electrons. The Kier molecular flexibility index (Phi) is 3.71. The minimum Gasteiger partial charge on any atom is -0.476 e. The van der Waals surface area contributed by atoms with Gasteiger partial charge in [-0.05, 0) is 5.56 Å². The van der Waals surface area contributed by atoms with Crippen molar-refractivity contribution in [1.29, 1.82) is 0 Å². The zero-order chi connectivity index (χ0) is 14.7. The molecule has 0 radical (unpaired) electrons. The number of hydrogen-bond donors (Lipinski definition) is 2. The second-order valence-corrected chi connectivity index (χ2v) is 3.98. The van der Waals surface area contributed by atoms with Gasteiger partial charge in [-0.3, -0.25) is 10.1 Å². The Morgan fingerprint density at radius 2 is 2.25 bits per heavy atom. The second kappa shape index (κ2) is 5.45. The van der Waals surface area contributed by atoms with E-state index in [2.05, 4.69) is 10.3 Å². The van der Waals surface area contributed by atoms with Gasteiger partial charge in [-0.25, -0.2) is 9.48 Å². The summed E-state index contributed by atoms with van der Waals surface area (Å²) in [5, 5.41) is 26.9. The molecule has 0 spiro atoms. The van der Waals surface area contributed by atoms with Gasteiger partial charge in [0, 0.05) is 18.7 Å². The van der Waals surface area contributed by atoms with Crippen molar-refractivity contribution in [3.05, 3.63) is 51.3 Å². The number of nitro groups is 1. The van der Waals surface area contributed by atoms with Gasteiger partial charge in [0.15, 0.2) is 5.69 Å². The van der Waals surface area contributed by atoms with Crippen LogP contribution in [0.2, 0.25) is 0 Å². The molecule has 2 aromatic rings. The molecule has 9 nitrogen and oxygen atoms in total. The Balaban J connectivity index is 2.33. The molecule has 0 aliphatic heterocycles. The molecule has 0 unspecified atom stereocenters. The standard InChI is InChI=1S/C11H11N5O4/c12-5-9-10(11(17)18)13-14-15(9)6-7-2-1-3-8(4-7)16(19)20/h1-4H,5-6,12H2,(H,17,18). The molecule has 9 heteroatoms. The van der Waals surface area contributed by atoms with E-state index in [0.717, 1.165) is 0 Å². The van der Waals surface area contributed by atoms with Crippen molar-refractivity contribution in [2.24, 2.45) is 5.73 Å². The number of non-ortho nitro benzene ring substituents is 1. The summed E-state index contributed by atoms with van der Waals surface area (Å²) in [5.74, 6) is -1.21. The van der Waals surface area contributed by atoms with Gasteiger partial charge in [-0.1, -0.05) is 17.3 Å². The predicted molar refractivity (Wildman–Crippen MR) is 67.1 cm³/mol. The third kappa shape index (κ3) is 2.62. The molecule has 0 fully saturated rings. The van der Waals surface area contributed by atoms with E-state index in [1.54, 1.807) is 12.1 Å². The van der Waals surface area contributed by atoms with Crippen LogP contribution in [0.4, 0.5) is 5.69 Å². The van der Waals surface area contributed by atoms with Crippen molar-refractivity contribution < 1.29 is 14.8 Å². The van der Waals surface area contributed by atoms with Crippen LogP contribution in [0.15, 0.2) is 24.3 Å². The fourth-order valence-corrected chi connectivity index (χ4v) is 1.77. The normalized spacial score (nSPS) is 10.4. The van der Waals surface area contributed by atoms with Crippen LogP contribution in [-0.4, -0.2) is 31.0 Å². The van der Waals surface area contributed by atoms with E-state index in [4.69, 9.17) is 10.8 Å². The lowest BCUT2D eigenvalue weighted by atomic mass is 10.2. The molecule has 0 amide bonds. The largest absolute Gasteiger partial charge is 0.476 e. The molecule has 3 N–H and O–H groups in total. The van der Waals surface area contributed by atoms with Gasteiger partial charge < -0.3 is 10.8 Å². The number of aromatic nitrogens is 3. The van der Waals surface area contributed by atoms with Gasteiger partial charge >= 0.3 is 5.97 Å². The summed E-state index contributed by atoms with van der Waals surface area (Å²) in [6.07, 6.45) is 0. The molecule has 1 heterocycles. The van der Waals surface area contributed by atoms with Crippen molar-refractivity contribution in [3.8, 4) is 0 Å². The zero-order valence-corrected chi connectivity index (χ0v) is 10.3. The van der Waals surface area contributed by atoms with Crippen LogP contribution in [0.5, 0.6) is 0 Å². The maximum atomic E-state index is 10.9. The van der Waals surface area contributed by atoms with E-state index in [-0.39, 0.29) is 30.2 Å². The van der Waals surface area contributed by atoms with Crippen LogP contribution in [0.3, 0.4) is 0 Å². The second-order valence-electron chi connectivity index (χ2n) is 3.98. The van der Waals surface area contributed by atoms with E-state index in [1.807, 2.05) is 0 Å². The number of nitro benzene ring substituents is 1. The van der Waals surface area contributed by atoms with Crippen LogP contribution < -0.4 is 5.73 Å². The Labute approximate surface area is 112 Å². The summed E-state index contributed by atoms with van der Waals surface area (Å²) in [5.41, 5.74) is 6.11. The number of carboxylic acid groups (broad SMARTS) is 1. The fraction of sp³-hybridized carbons (Fsp3) is 0.182. The SMILES string of the molecule is NCc1c(C(=O)O)nnn1Cc1cccc([N+](=O)[O-])c1. The van der Waals surface area contributed by atoms with Gasteiger partial charge in [0.1, 0.15) is 0 Å². The third-order valence-corrected chi connectivity index (χ3v) is 2.69. The maximum absolute atomic E-state index is 10.9. The molecule has 0 aliphatic carbocycles. The Bertz CT molecular complexity index is 667. The van der Waals surface area contributed by atoms with E-state index in [1.165, 1.54) is 16.8 Å². The third-order valence-electron chi connectivity index (χ3n) is 2.69. The van der Waals surface area contributed by atoms with Crippen molar-refractivity contribution in [2.75, 3.05) is 0 Å². The number of benzene rings is 1. The van der Waals surface area contributed by atoms with Crippen molar-refractivity contribution in [1.82, 2.24) is 15.0 Å². The number of aromatic carboxylic acids is 1. The number of nitrogens with two attached hydrogens (primary N) is 1. The quantitative estimate of drug-likeness (QED) is 0.595. The van der Waals surface area contributed by atoms with Gasteiger partial charge in [0.05, 0.1) is 17.2 Å². The topological polar surface area (TPSA) is 137 Å². The molecule has 0 atom stereocenters. The number of rotatable bonds is 5. The Morgan fingerprint density at radius 3 is 2.85 bits per heavy atom. The smallest absolute Gasteiger partial charge is 0.358 e. The molecule has 0 saturated heterocycles. The maximum Gasteiger partial charge on any atom is 0.358 e.